The number of hydrogen-bond donors (Lipinski definition) is 3. The molecule has 2 atom stereocenters. The highest BCUT2D eigenvalue weighted by Gasteiger charge is 2.30. The van der Waals surface area contributed by atoms with E-state index in [0.717, 1.165) is 0 Å². The standard InChI is InChI=1S/C6H10N2O4/c7-6(11)12-3-1-4(5(9)10)8-2-3/h3-4,8H,1-2H2,(H2,7,11)(H,9,10)/t3-,4+/m1/s1. The van der Waals surface area contributed by atoms with Gasteiger partial charge in [-0.15, -0.1) is 0 Å². The lowest BCUT2D eigenvalue weighted by Crippen LogP contribution is -2.30. The van der Waals surface area contributed by atoms with Crippen molar-refractivity contribution in [1.29, 1.82) is 0 Å². The minimum Gasteiger partial charge on any atom is -0.480 e. The first kappa shape index (κ1) is 8.79. The summed E-state index contributed by atoms with van der Waals surface area (Å²) in [4.78, 5) is 20.7. The van der Waals surface area contributed by atoms with Crippen molar-refractivity contribution in [2.75, 3.05) is 6.54 Å². The molecule has 1 rings (SSSR count). The van der Waals surface area contributed by atoms with Crippen molar-refractivity contribution < 1.29 is 19.4 Å². The maximum atomic E-state index is 10.4. The number of carboxylic acid groups (broad SMARTS) is 1. The molecule has 1 aliphatic heterocycles. The molecule has 0 aromatic rings. The normalized spacial score (nSPS) is 28.3. The van der Waals surface area contributed by atoms with Crippen LogP contribution < -0.4 is 11.1 Å². The second-order valence-corrected chi connectivity index (χ2v) is 2.59. The monoisotopic (exact) mass is 174 g/mol. The molecule has 0 bridgehead atoms. The third-order valence-corrected chi connectivity index (χ3v) is 1.67. The highest BCUT2D eigenvalue weighted by Crippen LogP contribution is 2.09. The molecule has 0 aromatic carbocycles. The Bertz CT molecular complexity index is 206. The number of nitrogens with one attached hydrogen (secondary N) is 1. The molecule has 1 amide bonds. The molecule has 0 aliphatic carbocycles. The fourth-order valence-corrected chi connectivity index (χ4v) is 1.15. The van der Waals surface area contributed by atoms with E-state index in [1.807, 2.05) is 0 Å². The highest BCUT2D eigenvalue weighted by molar-refractivity contribution is 5.74. The molecule has 1 aliphatic rings. The minimum atomic E-state index is -0.939. The zero-order chi connectivity index (χ0) is 9.14. The van der Waals surface area contributed by atoms with Crippen LogP contribution in [0.2, 0.25) is 0 Å². The number of rotatable bonds is 2. The average Bonchev–Trinajstić information content (AvgIpc) is 2.34. The molecule has 68 valence electrons. The second kappa shape index (κ2) is 3.40. The molecule has 0 spiro atoms. The van der Waals surface area contributed by atoms with Gasteiger partial charge in [0.25, 0.3) is 0 Å². The summed E-state index contributed by atoms with van der Waals surface area (Å²) in [6.07, 6.45) is -1.01. The summed E-state index contributed by atoms with van der Waals surface area (Å²) in [5.41, 5.74) is 4.76. The van der Waals surface area contributed by atoms with Gasteiger partial charge in [-0.1, -0.05) is 0 Å². The Balaban J connectivity index is 2.35. The summed E-state index contributed by atoms with van der Waals surface area (Å²) in [7, 11) is 0. The fourth-order valence-electron chi connectivity index (χ4n) is 1.15. The van der Waals surface area contributed by atoms with Gasteiger partial charge < -0.3 is 20.9 Å². The third kappa shape index (κ3) is 2.09. The van der Waals surface area contributed by atoms with Gasteiger partial charge in [0.05, 0.1) is 0 Å². The molecular formula is C6H10N2O4. The van der Waals surface area contributed by atoms with E-state index in [9.17, 15) is 9.59 Å². The predicted molar refractivity (Wildman–Crippen MR) is 38.5 cm³/mol. The van der Waals surface area contributed by atoms with Crippen LogP contribution in [0, 0.1) is 0 Å². The summed E-state index contributed by atoms with van der Waals surface area (Å²) in [6, 6.07) is -0.630. The summed E-state index contributed by atoms with van der Waals surface area (Å²) in [6.45, 7) is 0.347. The van der Waals surface area contributed by atoms with Crippen LogP contribution in [0.4, 0.5) is 4.79 Å². The maximum Gasteiger partial charge on any atom is 0.404 e. The first-order chi connectivity index (χ1) is 5.59. The topological polar surface area (TPSA) is 102 Å². The SMILES string of the molecule is NC(=O)O[C@H]1CN[C@H](C(=O)O)C1. The van der Waals surface area contributed by atoms with Gasteiger partial charge in [0, 0.05) is 13.0 Å². The maximum absolute atomic E-state index is 10.4. The molecule has 6 heteroatoms. The molecule has 12 heavy (non-hydrogen) atoms. The first-order valence-corrected chi connectivity index (χ1v) is 3.52. The molecule has 1 heterocycles. The van der Waals surface area contributed by atoms with E-state index < -0.39 is 24.2 Å². The Kier molecular flexibility index (Phi) is 2.49. The number of nitrogens with two attached hydrogens (primary N) is 1. The number of carbonyl (C=O) groups excluding carboxylic acids is 1. The van der Waals surface area contributed by atoms with Gasteiger partial charge in [0.1, 0.15) is 12.1 Å². The fraction of sp³-hybridized carbons (Fsp3) is 0.667. The van der Waals surface area contributed by atoms with Gasteiger partial charge in [-0.25, -0.2) is 4.79 Å². The minimum absolute atomic E-state index is 0.276. The van der Waals surface area contributed by atoms with Crippen molar-refractivity contribution in [3.63, 3.8) is 0 Å². The van der Waals surface area contributed by atoms with Crippen molar-refractivity contribution >= 4 is 12.1 Å². The Morgan fingerprint density at radius 1 is 1.58 bits per heavy atom. The van der Waals surface area contributed by atoms with Gasteiger partial charge in [-0.3, -0.25) is 4.79 Å². The van der Waals surface area contributed by atoms with E-state index in [0.29, 0.717) is 6.54 Å². The van der Waals surface area contributed by atoms with Crippen LogP contribution in [0.25, 0.3) is 0 Å². The first-order valence-electron chi connectivity index (χ1n) is 3.52. The largest absolute Gasteiger partial charge is 0.480 e. The Hall–Kier alpha value is -1.30. The third-order valence-electron chi connectivity index (χ3n) is 1.67. The van der Waals surface area contributed by atoms with Crippen LogP contribution in [-0.4, -0.2) is 35.9 Å². The lowest BCUT2D eigenvalue weighted by molar-refractivity contribution is -0.139. The second-order valence-electron chi connectivity index (χ2n) is 2.59. The number of amides is 1. The molecule has 6 nitrogen and oxygen atoms in total. The van der Waals surface area contributed by atoms with Crippen LogP contribution in [0.5, 0.6) is 0 Å². The van der Waals surface area contributed by atoms with Crippen LogP contribution in [0.15, 0.2) is 0 Å². The molecule has 0 aromatic heterocycles. The number of aliphatic carboxylic acids is 1. The van der Waals surface area contributed by atoms with Crippen molar-refractivity contribution in [1.82, 2.24) is 5.32 Å². The number of primary amides is 1. The molecule has 4 N–H and O–H groups in total. The number of carbonyl (C=O) groups is 2. The van der Waals surface area contributed by atoms with Crippen LogP contribution in [0.3, 0.4) is 0 Å². The van der Waals surface area contributed by atoms with E-state index in [-0.39, 0.29) is 6.42 Å². The Morgan fingerprint density at radius 2 is 2.25 bits per heavy atom. The molecule has 1 fully saturated rings. The molecule has 1 saturated heterocycles. The van der Waals surface area contributed by atoms with E-state index in [1.54, 1.807) is 0 Å². The molecule has 0 unspecified atom stereocenters. The van der Waals surface area contributed by atoms with Gasteiger partial charge in [0.2, 0.25) is 0 Å². The summed E-state index contributed by atoms with van der Waals surface area (Å²) >= 11 is 0. The quantitative estimate of drug-likeness (QED) is 0.493. The highest BCUT2D eigenvalue weighted by atomic mass is 16.6. The average molecular weight is 174 g/mol. The molecule has 0 radical (unpaired) electrons. The zero-order valence-electron chi connectivity index (χ0n) is 6.32. The molecule has 0 saturated carbocycles. The van der Waals surface area contributed by atoms with Crippen molar-refractivity contribution in [2.24, 2.45) is 5.73 Å². The lowest BCUT2D eigenvalue weighted by atomic mass is 10.2. The summed E-state index contributed by atoms with van der Waals surface area (Å²) < 4.78 is 4.60. The molecular weight excluding hydrogens is 164 g/mol. The zero-order valence-corrected chi connectivity index (χ0v) is 6.32. The number of ether oxygens (including phenoxy) is 1. The smallest absolute Gasteiger partial charge is 0.404 e. The van der Waals surface area contributed by atoms with Crippen molar-refractivity contribution in [3.8, 4) is 0 Å². The van der Waals surface area contributed by atoms with Crippen LogP contribution in [-0.2, 0) is 9.53 Å². The van der Waals surface area contributed by atoms with Gasteiger partial charge >= 0.3 is 12.1 Å². The summed E-state index contributed by atoms with van der Waals surface area (Å²) in [5, 5.41) is 11.2. The van der Waals surface area contributed by atoms with E-state index >= 15 is 0 Å². The Morgan fingerprint density at radius 3 is 2.67 bits per heavy atom. The van der Waals surface area contributed by atoms with E-state index in [1.165, 1.54) is 0 Å². The predicted octanol–water partition coefficient (Wildman–Crippen LogP) is -1.10. The van der Waals surface area contributed by atoms with Crippen molar-refractivity contribution in [2.45, 2.75) is 18.6 Å². The van der Waals surface area contributed by atoms with E-state index in [2.05, 4.69) is 10.1 Å². The lowest BCUT2D eigenvalue weighted by Gasteiger charge is -2.06. The van der Waals surface area contributed by atoms with Crippen LogP contribution >= 0.6 is 0 Å². The Labute approximate surface area is 68.7 Å². The number of carboxylic acids is 1. The van der Waals surface area contributed by atoms with Gasteiger partial charge in [-0.2, -0.15) is 0 Å². The van der Waals surface area contributed by atoms with E-state index in [4.69, 9.17) is 10.8 Å². The van der Waals surface area contributed by atoms with Gasteiger partial charge in [-0.05, 0) is 0 Å². The summed E-state index contributed by atoms with van der Waals surface area (Å²) in [5.74, 6) is -0.939. The number of hydrogen-bond acceptors (Lipinski definition) is 4. The van der Waals surface area contributed by atoms with Crippen LogP contribution in [0.1, 0.15) is 6.42 Å². The van der Waals surface area contributed by atoms with Gasteiger partial charge in [0.15, 0.2) is 0 Å². The van der Waals surface area contributed by atoms with Crippen molar-refractivity contribution in [3.05, 3.63) is 0 Å².